The van der Waals surface area contributed by atoms with E-state index in [0.29, 0.717) is 13.0 Å². The zero-order valence-electron chi connectivity index (χ0n) is 13.3. The molecule has 0 unspecified atom stereocenters. The van der Waals surface area contributed by atoms with Gasteiger partial charge < -0.3 is 9.88 Å². The zero-order chi connectivity index (χ0) is 15.6. The lowest BCUT2D eigenvalue weighted by Gasteiger charge is -2.16. The SMILES string of the molecule is O=C(Cc1ccc2c(c1)CCCC2)NCc1nnc2n1CCC2. The Bertz CT molecular complexity index is 735. The van der Waals surface area contributed by atoms with Crippen LogP contribution < -0.4 is 5.32 Å². The van der Waals surface area contributed by atoms with Gasteiger partial charge in [-0.1, -0.05) is 18.2 Å². The molecule has 120 valence electrons. The summed E-state index contributed by atoms with van der Waals surface area (Å²) in [7, 11) is 0. The predicted molar refractivity (Wildman–Crippen MR) is 87.0 cm³/mol. The van der Waals surface area contributed by atoms with E-state index in [0.717, 1.165) is 43.0 Å². The highest BCUT2D eigenvalue weighted by molar-refractivity contribution is 5.78. The number of fused-ring (bicyclic) bond motifs is 2. The van der Waals surface area contributed by atoms with Crippen molar-refractivity contribution in [3.8, 4) is 0 Å². The van der Waals surface area contributed by atoms with Gasteiger partial charge in [0, 0.05) is 13.0 Å². The second-order valence-corrected chi connectivity index (χ2v) is 6.55. The number of aromatic nitrogens is 3. The molecule has 1 aliphatic carbocycles. The van der Waals surface area contributed by atoms with Gasteiger partial charge in [0.15, 0.2) is 5.82 Å². The Morgan fingerprint density at radius 2 is 1.96 bits per heavy atom. The summed E-state index contributed by atoms with van der Waals surface area (Å²) in [6.07, 6.45) is 7.44. The molecule has 0 fully saturated rings. The fourth-order valence-electron chi connectivity index (χ4n) is 3.66. The lowest BCUT2D eigenvalue weighted by Crippen LogP contribution is -2.26. The van der Waals surface area contributed by atoms with Crippen LogP contribution in [0.15, 0.2) is 18.2 Å². The first-order valence-electron chi connectivity index (χ1n) is 8.58. The van der Waals surface area contributed by atoms with Gasteiger partial charge in [0.25, 0.3) is 0 Å². The summed E-state index contributed by atoms with van der Waals surface area (Å²) < 4.78 is 2.12. The van der Waals surface area contributed by atoms with Crippen molar-refractivity contribution in [1.29, 1.82) is 0 Å². The number of hydrogen-bond donors (Lipinski definition) is 1. The van der Waals surface area contributed by atoms with Gasteiger partial charge in [-0.15, -0.1) is 10.2 Å². The first-order valence-corrected chi connectivity index (χ1v) is 8.58. The van der Waals surface area contributed by atoms with Crippen LogP contribution in [0, 0.1) is 0 Å². The zero-order valence-corrected chi connectivity index (χ0v) is 13.3. The molecular formula is C18H22N4O. The van der Waals surface area contributed by atoms with Crippen LogP contribution in [0.5, 0.6) is 0 Å². The molecule has 4 rings (SSSR count). The molecule has 2 heterocycles. The van der Waals surface area contributed by atoms with E-state index in [4.69, 9.17) is 0 Å². The molecule has 0 saturated heterocycles. The minimum atomic E-state index is 0.0520. The van der Waals surface area contributed by atoms with Crippen molar-refractivity contribution in [1.82, 2.24) is 20.1 Å². The maximum atomic E-state index is 12.2. The van der Waals surface area contributed by atoms with E-state index in [1.807, 2.05) is 0 Å². The van der Waals surface area contributed by atoms with Crippen LogP contribution in [0.25, 0.3) is 0 Å². The van der Waals surface area contributed by atoms with Gasteiger partial charge in [-0.25, -0.2) is 0 Å². The van der Waals surface area contributed by atoms with Gasteiger partial charge >= 0.3 is 0 Å². The number of hydrogen-bond acceptors (Lipinski definition) is 3. The molecular weight excluding hydrogens is 288 g/mol. The van der Waals surface area contributed by atoms with Gasteiger partial charge in [0.05, 0.1) is 13.0 Å². The van der Waals surface area contributed by atoms with Crippen LogP contribution in [0.4, 0.5) is 0 Å². The standard InChI is InChI=1S/C18H22N4O/c23-18(19-12-17-21-20-16-6-3-9-22(16)17)11-13-7-8-14-4-1-2-5-15(14)10-13/h7-8,10H,1-6,9,11-12H2,(H,19,23). The fraction of sp³-hybridized carbons (Fsp3) is 0.500. The molecule has 5 nitrogen and oxygen atoms in total. The van der Waals surface area contributed by atoms with Crippen LogP contribution in [0.3, 0.4) is 0 Å². The third kappa shape index (κ3) is 3.00. The number of nitrogens with zero attached hydrogens (tertiary/aromatic N) is 3. The normalized spacial score (nSPS) is 16.0. The average molecular weight is 310 g/mol. The summed E-state index contributed by atoms with van der Waals surface area (Å²) in [5.41, 5.74) is 3.99. The molecule has 1 aliphatic heterocycles. The Kier molecular flexibility index (Phi) is 3.85. The minimum Gasteiger partial charge on any atom is -0.349 e. The molecule has 0 spiro atoms. The Morgan fingerprint density at radius 1 is 1.09 bits per heavy atom. The second-order valence-electron chi connectivity index (χ2n) is 6.55. The van der Waals surface area contributed by atoms with E-state index < -0.39 is 0 Å². The fourth-order valence-corrected chi connectivity index (χ4v) is 3.66. The molecule has 1 amide bonds. The number of amides is 1. The summed E-state index contributed by atoms with van der Waals surface area (Å²) in [5, 5.41) is 11.3. The van der Waals surface area contributed by atoms with E-state index in [1.54, 1.807) is 0 Å². The molecule has 23 heavy (non-hydrogen) atoms. The maximum Gasteiger partial charge on any atom is 0.224 e. The summed E-state index contributed by atoms with van der Waals surface area (Å²) in [6.45, 7) is 1.44. The molecule has 1 aromatic heterocycles. The number of benzene rings is 1. The highest BCUT2D eigenvalue weighted by Crippen LogP contribution is 2.22. The maximum absolute atomic E-state index is 12.2. The minimum absolute atomic E-state index is 0.0520. The first kappa shape index (κ1) is 14.4. The Hall–Kier alpha value is -2.17. The van der Waals surface area contributed by atoms with E-state index in [9.17, 15) is 4.79 Å². The third-order valence-corrected chi connectivity index (χ3v) is 4.91. The van der Waals surface area contributed by atoms with Crippen LogP contribution in [-0.2, 0) is 43.6 Å². The van der Waals surface area contributed by atoms with Crippen molar-refractivity contribution < 1.29 is 4.79 Å². The molecule has 5 heteroatoms. The molecule has 0 saturated carbocycles. The van der Waals surface area contributed by atoms with E-state index in [2.05, 4.69) is 38.3 Å². The summed E-state index contributed by atoms with van der Waals surface area (Å²) >= 11 is 0. The lowest BCUT2D eigenvalue weighted by molar-refractivity contribution is -0.120. The van der Waals surface area contributed by atoms with E-state index in [1.165, 1.54) is 30.4 Å². The lowest BCUT2D eigenvalue weighted by atomic mass is 9.90. The second kappa shape index (κ2) is 6.14. The number of carbonyl (C=O) groups is 1. The van der Waals surface area contributed by atoms with Crippen LogP contribution >= 0.6 is 0 Å². The average Bonchev–Trinajstić information content (AvgIpc) is 3.16. The van der Waals surface area contributed by atoms with Crippen molar-refractivity contribution in [3.63, 3.8) is 0 Å². The van der Waals surface area contributed by atoms with Crippen LogP contribution in [0.2, 0.25) is 0 Å². The monoisotopic (exact) mass is 310 g/mol. The van der Waals surface area contributed by atoms with Gasteiger partial charge in [0.1, 0.15) is 5.82 Å². The van der Waals surface area contributed by atoms with Crippen molar-refractivity contribution in [2.45, 2.75) is 58.0 Å². The number of carbonyl (C=O) groups excluding carboxylic acids is 1. The summed E-state index contributed by atoms with van der Waals surface area (Å²) in [5.74, 6) is 1.97. The van der Waals surface area contributed by atoms with E-state index >= 15 is 0 Å². The molecule has 1 N–H and O–H groups in total. The van der Waals surface area contributed by atoms with Gasteiger partial charge in [-0.3, -0.25) is 4.79 Å². The number of rotatable bonds is 4. The Labute approximate surface area is 136 Å². The van der Waals surface area contributed by atoms with Crippen molar-refractivity contribution in [2.24, 2.45) is 0 Å². The Morgan fingerprint density at radius 3 is 2.87 bits per heavy atom. The highest BCUT2D eigenvalue weighted by atomic mass is 16.1. The first-order chi connectivity index (χ1) is 11.3. The summed E-state index contributed by atoms with van der Waals surface area (Å²) in [4.78, 5) is 12.2. The van der Waals surface area contributed by atoms with E-state index in [-0.39, 0.29) is 5.91 Å². The smallest absolute Gasteiger partial charge is 0.224 e. The molecule has 1 aromatic carbocycles. The topological polar surface area (TPSA) is 59.8 Å². The van der Waals surface area contributed by atoms with Gasteiger partial charge in [-0.05, 0) is 48.8 Å². The highest BCUT2D eigenvalue weighted by Gasteiger charge is 2.17. The van der Waals surface area contributed by atoms with Crippen molar-refractivity contribution >= 4 is 5.91 Å². The quantitative estimate of drug-likeness (QED) is 0.939. The third-order valence-electron chi connectivity index (χ3n) is 4.91. The number of aryl methyl sites for hydroxylation is 3. The van der Waals surface area contributed by atoms with Crippen molar-refractivity contribution in [2.75, 3.05) is 0 Å². The molecule has 2 aliphatic rings. The largest absolute Gasteiger partial charge is 0.349 e. The van der Waals surface area contributed by atoms with Crippen LogP contribution in [-0.4, -0.2) is 20.7 Å². The van der Waals surface area contributed by atoms with Gasteiger partial charge in [-0.2, -0.15) is 0 Å². The number of nitrogens with one attached hydrogen (secondary N) is 1. The predicted octanol–water partition coefficient (Wildman–Crippen LogP) is 1.96. The van der Waals surface area contributed by atoms with Crippen molar-refractivity contribution in [3.05, 3.63) is 46.5 Å². The molecule has 0 atom stereocenters. The van der Waals surface area contributed by atoms with Gasteiger partial charge in [0.2, 0.25) is 5.91 Å². The summed E-state index contributed by atoms with van der Waals surface area (Å²) in [6, 6.07) is 6.50. The Balaban J connectivity index is 1.36. The van der Waals surface area contributed by atoms with Crippen LogP contribution in [0.1, 0.15) is 47.6 Å². The molecule has 0 radical (unpaired) electrons. The molecule has 0 bridgehead atoms. The molecule has 2 aromatic rings.